The van der Waals surface area contributed by atoms with Gasteiger partial charge in [-0.1, -0.05) is 13.3 Å². The highest BCUT2D eigenvalue weighted by molar-refractivity contribution is 7.39. The molecule has 0 aromatic rings. The lowest BCUT2D eigenvalue weighted by Crippen LogP contribution is -2.28. The molecule has 0 aliphatic carbocycles. The number of carbonyl (C=O) groups excluding carboxylic acids is 2. The van der Waals surface area contributed by atoms with Crippen LogP contribution in [0.5, 0.6) is 0 Å². The normalized spacial score (nSPS) is 11.3. The maximum absolute atomic E-state index is 11.7. The predicted molar refractivity (Wildman–Crippen MR) is 79.3 cm³/mol. The summed E-state index contributed by atoms with van der Waals surface area (Å²) in [7, 11) is -1.73. The molecule has 1 unspecified atom stereocenters. The van der Waals surface area contributed by atoms with Gasteiger partial charge >= 0.3 is 20.0 Å². The molecule has 7 heteroatoms. The summed E-state index contributed by atoms with van der Waals surface area (Å²) >= 11 is 0. The summed E-state index contributed by atoms with van der Waals surface area (Å²) < 4.78 is 26.5. The van der Waals surface area contributed by atoms with Crippen LogP contribution in [0.15, 0.2) is 0 Å². The average Bonchev–Trinajstić information content (AvgIpc) is 2.44. The molecule has 0 aliphatic heterocycles. The number of unbranched alkanes of at least 4 members (excludes halogenated alkanes) is 1. The van der Waals surface area contributed by atoms with E-state index in [0.29, 0.717) is 19.2 Å². The van der Waals surface area contributed by atoms with Gasteiger partial charge in [-0.05, 0) is 37.7 Å². The van der Waals surface area contributed by atoms with Crippen molar-refractivity contribution in [2.24, 2.45) is 5.92 Å². The standard InChI is InChI=1S/C14H26O6P/c1-4-7-10-20-21(17)11-8-9-12(13(15)18-5-2)14(16)19-6-3/h12H,4-11H2,1-3H3/q+1. The zero-order valence-corrected chi connectivity index (χ0v) is 14.0. The smallest absolute Gasteiger partial charge is 0.465 e. The Kier molecular flexibility index (Phi) is 12.1. The number of ether oxygens (including phenoxy) is 2. The Hall–Kier alpha value is -1.00. The fraction of sp³-hybridized carbons (Fsp3) is 0.857. The van der Waals surface area contributed by atoms with E-state index in [1.165, 1.54) is 0 Å². The van der Waals surface area contributed by atoms with Crippen molar-refractivity contribution in [1.29, 1.82) is 0 Å². The molecular formula is C14H26O6P+. The van der Waals surface area contributed by atoms with Crippen molar-refractivity contribution < 1.29 is 28.2 Å². The molecule has 0 N–H and O–H groups in total. The summed E-state index contributed by atoms with van der Waals surface area (Å²) in [5, 5.41) is 0. The van der Waals surface area contributed by atoms with E-state index in [2.05, 4.69) is 0 Å². The minimum absolute atomic E-state index is 0.211. The molecule has 21 heavy (non-hydrogen) atoms. The van der Waals surface area contributed by atoms with Crippen molar-refractivity contribution in [3.8, 4) is 0 Å². The van der Waals surface area contributed by atoms with Crippen LogP contribution in [0.3, 0.4) is 0 Å². The Morgan fingerprint density at radius 2 is 1.57 bits per heavy atom. The highest BCUT2D eigenvalue weighted by Crippen LogP contribution is 2.25. The Labute approximate surface area is 127 Å². The maximum Gasteiger partial charge on any atom is 0.508 e. The lowest BCUT2D eigenvalue weighted by molar-refractivity contribution is -0.161. The SMILES string of the molecule is CCCCO[P+](=O)CCCC(C(=O)OCC)C(=O)OCC. The van der Waals surface area contributed by atoms with Crippen molar-refractivity contribution in [2.75, 3.05) is 26.0 Å². The topological polar surface area (TPSA) is 78.9 Å². The number of rotatable bonds is 12. The van der Waals surface area contributed by atoms with E-state index < -0.39 is 25.9 Å². The van der Waals surface area contributed by atoms with Crippen molar-refractivity contribution >= 4 is 20.0 Å². The van der Waals surface area contributed by atoms with Gasteiger partial charge in [-0.3, -0.25) is 9.59 Å². The van der Waals surface area contributed by atoms with E-state index in [-0.39, 0.29) is 19.6 Å². The Balaban J connectivity index is 4.20. The molecule has 0 heterocycles. The van der Waals surface area contributed by atoms with Crippen LogP contribution < -0.4 is 0 Å². The molecule has 1 atom stereocenters. The van der Waals surface area contributed by atoms with Crippen LogP contribution in [0.25, 0.3) is 0 Å². The van der Waals surface area contributed by atoms with Crippen molar-refractivity contribution in [1.82, 2.24) is 0 Å². The number of esters is 2. The Bertz CT molecular complexity index is 313. The minimum atomic E-state index is -1.73. The van der Waals surface area contributed by atoms with Gasteiger partial charge in [0, 0.05) is 0 Å². The van der Waals surface area contributed by atoms with Crippen LogP contribution in [0.2, 0.25) is 0 Å². The van der Waals surface area contributed by atoms with Gasteiger partial charge in [-0.25, -0.2) is 0 Å². The fourth-order valence-electron chi connectivity index (χ4n) is 1.62. The molecule has 0 aromatic heterocycles. The summed E-state index contributed by atoms with van der Waals surface area (Å²) in [5.41, 5.74) is 0. The van der Waals surface area contributed by atoms with Gasteiger partial charge < -0.3 is 9.47 Å². The molecular weight excluding hydrogens is 295 g/mol. The predicted octanol–water partition coefficient (Wildman–Crippen LogP) is 3.07. The van der Waals surface area contributed by atoms with E-state index in [0.717, 1.165) is 12.8 Å². The Morgan fingerprint density at radius 1 is 1.00 bits per heavy atom. The summed E-state index contributed by atoms with van der Waals surface area (Å²) in [6.07, 6.45) is 2.89. The van der Waals surface area contributed by atoms with Gasteiger partial charge in [0.25, 0.3) is 0 Å². The van der Waals surface area contributed by atoms with E-state index in [1.807, 2.05) is 6.92 Å². The first kappa shape index (κ1) is 20.0. The highest BCUT2D eigenvalue weighted by atomic mass is 31.1. The first-order chi connectivity index (χ1) is 10.1. The van der Waals surface area contributed by atoms with Gasteiger partial charge in [-0.15, -0.1) is 4.52 Å². The zero-order chi connectivity index (χ0) is 16.1. The van der Waals surface area contributed by atoms with Crippen molar-refractivity contribution in [2.45, 2.75) is 46.5 Å². The third kappa shape index (κ3) is 9.53. The van der Waals surface area contributed by atoms with E-state index in [1.54, 1.807) is 13.8 Å². The summed E-state index contributed by atoms with van der Waals surface area (Å²) in [6.45, 7) is 6.29. The van der Waals surface area contributed by atoms with Crippen LogP contribution >= 0.6 is 8.03 Å². The van der Waals surface area contributed by atoms with E-state index in [9.17, 15) is 14.2 Å². The van der Waals surface area contributed by atoms with Gasteiger partial charge in [0.15, 0.2) is 12.1 Å². The molecule has 122 valence electrons. The zero-order valence-electron chi connectivity index (χ0n) is 13.1. The number of hydrogen-bond acceptors (Lipinski definition) is 6. The van der Waals surface area contributed by atoms with Crippen LogP contribution in [0.1, 0.15) is 46.5 Å². The largest absolute Gasteiger partial charge is 0.508 e. The molecule has 0 saturated carbocycles. The Morgan fingerprint density at radius 3 is 2.05 bits per heavy atom. The molecule has 0 fully saturated rings. The molecule has 0 rings (SSSR count). The summed E-state index contributed by atoms with van der Waals surface area (Å²) in [5.74, 6) is -2.11. The van der Waals surface area contributed by atoms with Crippen LogP contribution in [-0.2, 0) is 28.2 Å². The van der Waals surface area contributed by atoms with Gasteiger partial charge in [-0.2, -0.15) is 0 Å². The molecule has 0 aromatic carbocycles. The second kappa shape index (κ2) is 12.7. The average molecular weight is 321 g/mol. The van der Waals surface area contributed by atoms with Gasteiger partial charge in [0.2, 0.25) is 0 Å². The van der Waals surface area contributed by atoms with Crippen LogP contribution in [0.4, 0.5) is 0 Å². The third-order valence-electron chi connectivity index (χ3n) is 2.71. The van der Waals surface area contributed by atoms with Crippen LogP contribution in [0, 0.1) is 5.92 Å². The first-order valence-corrected chi connectivity index (χ1v) is 8.83. The second-order valence-corrected chi connectivity index (χ2v) is 5.81. The quantitative estimate of drug-likeness (QED) is 0.238. The highest BCUT2D eigenvalue weighted by Gasteiger charge is 2.30. The summed E-state index contributed by atoms with van der Waals surface area (Å²) in [6, 6.07) is 0. The monoisotopic (exact) mass is 321 g/mol. The number of carbonyl (C=O) groups is 2. The lowest BCUT2D eigenvalue weighted by Gasteiger charge is -2.12. The lowest BCUT2D eigenvalue weighted by atomic mass is 10.0. The maximum atomic E-state index is 11.7. The molecule has 0 radical (unpaired) electrons. The van der Waals surface area contributed by atoms with Crippen molar-refractivity contribution in [3.05, 3.63) is 0 Å². The van der Waals surface area contributed by atoms with Gasteiger partial charge in [0.1, 0.15) is 6.61 Å². The molecule has 0 spiro atoms. The minimum Gasteiger partial charge on any atom is -0.465 e. The van der Waals surface area contributed by atoms with Gasteiger partial charge in [0.05, 0.1) is 13.2 Å². The first-order valence-electron chi connectivity index (χ1n) is 7.47. The van der Waals surface area contributed by atoms with E-state index >= 15 is 0 Å². The van der Waals surface area contributed by atoms with E-state index in [4.69, 9.17) is 14.0 Å². The molecule has 0 aliphatic rings. The molecule has 6 nitrogen and oxygen atoms in total. The second-order valence-electron chi connectivity index (χ2n) is 4.44. The van der Waals surface area contributed by atoms with Crippen LogP contribution in [-0.4, -0.2) is 37.9 Å². The summed E-state index contributed by atoms with van der Waals surface area (Å²) in [4.78, 5) is 23.4. The third-order valence-corrected chi connectivity index (χ3v) is 3.86. The molecule has 0 saturated heterocycles. The number of hydrogen-bond donors (Lipinski definition) is 0. The molecule has 0 bridgehead atoms. The fourth-order valence-corrected chi connectivity index (χ4v) is 2.52. The molecule has 0 amide bonds. The van der Waals surface area contributed by atoms with Crippen molar-refractivity contribution in [3.63, 3.8) is 0 Å².